The smallest absolute Gasteiger partial charge is 0.240 e. The number of rotatable bonds is 5. The monoisotopic (exact) mass is 353 g/mol. The molecular formula is C16H23N3O4S. The van der Waals surface area contributed by atoms with E-state index in [-0.39, 0.29) is 16.8 Å². The molecule has 0 radical (unpaired) electrons. The van der Waals surface area contributed by atoms with Gasteiger partial charge < -0.3 is 15.0 Å². The molecule has 2 aliphatic rings. The van der Waals surface area contributed by atoms with Gasteiger partial charge in [-0.1, -0.05) is 13.0 Å². The van der Waals surface area contributed by atoms with Crippen molar-refractivity contribution in [3.05, 3.63) is 23.8 Å². The topological polar surface area (TPSA) is 87.7 Å². The number of carbonyl (C=O) groups excluding carboxylic acids is 1. The van der Waals surface area contributed by atoms with E-state index < -0.39 is 10.0 Å². The summed E-state index contributed by atoms with van der Waals surface area (Å²) >= 11 is 0. The molecule has 132 valence electrons. The molecule has 2 aliphatic heterocycles. The number of nitrogens with one attached hydrogen (secondary N) is 2. The lowest BCUT2D eigenvalue weighted by molar-refractivity contribution is -0.119. The van der Waals surface area contributed by atoms with Crippen LogP contribution < -0.4 is 14.9 Å². The molecule has 3 rings (SSSR count). The Morgan fingerprint density at radius 3 is 3.00 bits per heavy atom. The summed E-state index contributed by atoms with van der Waals surface area (Å²) in [5, 5.41) is 3.27. The maximum atomic E-state index is 12.6. The zero-order valence-corrected chi connectivity index (χ0v) is 14.6. The van der Waals surface area contributed by atoms with Crippen molar-refractivity contribution < 1.29 is 17.9 Å². The van der Waals surface area contributed by atoms with Crippen molar-refractivity contribution in [2.75, 3.05) is 37.7 Å². The van der Waals surface area contributed by atoms with Gasteiger partial charge in [0.2, 0.25) is 15.9 Å². The summed E-state index contributed by atoms with van der Waals surface area (Å²) in [6.07, 6.45) is 1.10. The molecule has 7 nitrogen and oxygen atoms in total. The van der Waals surface area contributed by atoms with Gasteiger partial charge in [-0.25, -0.2) is 13.1 Å². The minimum absolute atomic E-state index is 0.00486. The van der Waals surface area contributed by atoms with Crippen molar-refractivity contribution in [2.24, 2.45) is 0 Å². The molecule has 1 amide bonds. The second-order valence-corrected chi connectivity index (χ2v) is 7.78. The number of hydrogen-bond acceptors (Lipinski definition) is 5. The first-order valence-electron chi connectivity index (χ1n) is 8.25. The van der Waals surface area contributed by atoms with E-state index in [1.807, 2.05) is 0 Å². The van der Waals surface area contributed by atoms with Crippen LogP contribution in [-0.4, -0.2) is 53.2 Å². The molecule has 1 unspecified atom stereocenters. The Balaban J connectivity index is 1.78. The summed E-state index contributed by atoms with van der Waals surface area (Å²) in [6.45, 7) is 4.60. The van der Waals surface area contributed by atoms with Crippen molar-refractivity contribution in [1.29, 1.82) is 0 Å². The maximum absolute atomic E-state index is 12.6. The van der Waals surface area contributed by atoms with E-state index in [4.69, 9.17) is 4.74 Å². The number of benzene rings is 1. The molecule has 0 saturated carbocycles. The molecule has 2 N–H and O–H groups in total. The van der Waals surface area contributed by atoms with Crippen LogP contribution in [0.15, 0.2) is 23.1 Å². The van der Waals surface area contributed by atoms with Gasteiger partial charge in [0.25, 0.3) is 0 Å². The van der Waals surface area contributed by atoms with Crippen LogP contribution in [-0.2, 0) is 26.0 Å². The van der Waals surface area contributed by atoms with E-state index in [0.717, 1.165) is 18.5 Å². The summed E-state index contributed by atoms with van der Waals surface area (Å²) in [7, 11) is -3.53. The van der Waals surface area contributed by atoms with Gasteiger partial charge in [0, 0.05) is 37.8 Å². The van der Waals surface area contributed by atoms with Crippen LogP contribution in [0.3, 0.4) is 0 Å². The van der Waals surface area contributed by atoms with Crippen LogP contribution in [0.1, 0.15) is 18.9 Å². The number of sulfonamides is 1. The molecule has 8 heteroatoms. The van der Waals surface area contributed by atoms with Gasteiger partial charge in [-0.3, -0.25) is 4.79 Å². The summed E-state index contributed by atoms with van der Waals surface area (Å²) in [5.41, 5.74) is 1.71. The third kappa shape index (κ3) is 3.61. The average molecular weight is 353 g/mol. The highest BCUT2D eigenvalue weighted by Gasteiger charge is 2.28. The van der Waals surface area contributed by atoms with E-state index in [0.29, 0.717) is 38.4 Å². The number of nitrogens with zero attached hydrogens (tertiary/aromatic N) is 1. The first-order valence-corrected chi connectivity index (χ1v) is 9.73. The van der Waals surface area contributed by atoms with Crippen LogP contribution in [0, 0.1) is 0 Å². The normalized spacial score (nSPS) is 20.9. The molecule has 0 spiro atoms. The minimum Gasteiger partial charge on any atom is -0.378 e. The number of anilines is 1. The molecule has 0 bridgehead atoms. The Bertz CT molecular complexity index is 714. The molecule has 1 aromatic carbocycles. The molecule has 1 atom stereocenters. The highest BCUT2D eigenvalue weighted by Crippen LogP contribution is 2.31. The Labute approximate surface area is 142 Å². The number of morpholine rings is 1. The number of ether oxygens (including phenoxy) is 1. The van der Waals surface area contributed by atoms with E-state index in [9.17, 15) is 13.2 Å². The van der Waals surface area contributed by atoms with Crippen LogP contribution in [0.4, 0.5) is 5.69 Å². The lowest BCUT2D eigenvalue weighted by Gasteiger charge is -2.26. The third-order valence-electron chi connectivity index (χ3n) is 4.32. The second-order valence-electron chi connectivity index (χ2n) is 6.02. The molecule has 0 aliphatic carbocycles. The predicted molar refractivity (Wildman–Crippen MR) is 90.6 cm³/mol. The molecule has 1 aromatic rings. The van der Waals surface area contributed by atoms with Gasteiger partial charge in [-0.2, -0.15) is 0 Å². The Kier molecular flexibility index (Phi) is 5.19. The number of hydrogen-bond donors (Lipinski definition) is 2. The minimum atomic E-state index is -3.53. The van der Waals surface area contributed by atoms with Gasteiger partial charge in [-0.15, -0.1) is 0 Å². The Morgan fingerprint density at radius 1 is 1.46 bits per heavy atom. The lowest BCUT2D eigenvalue weighted by atomic mass is 10.1. The Morgan fingerprint density at radius 2 is 2.29 bits per heavy atom. The molecular weight excluding hydrogens is 330 g/mol. The number of fused-ring (bicyclic) bond motifs is 1. The van der Waals surface area contributed by atoms with E-state index in [2.05, 4.69) is 10.0 Å². The lowest BCUT2D eigenvalue weighted by Crippen LogP contribution is -2.45. The molecule has 1 fully saturated rings. The van der Waals surface area contributed by atoms with Crippen LogP contribution in [0.2, 0.25) is 0 Å². The fourth-order valence-electron chi connectivity index (χ4n) is 3.13. The largest absolute Gasteiger partial charge is 0.378 e. The molecule has 0 aromatic heterocycles. The third-order valence-corrected chi connectivity index (χ3v) is 5.86. The van der Waals surface area contributed by atoms with Gasteiger partial charge in [0.15, 0.2) is 0 Å². The first kappa shape index (κ1) is 17.3. The van der Waals surface area contributed by atoms with E-state index in [1.54, 1.807) is 30.0 Å². The SMILES string of the molecule is CCNS(=O)(=O)c1ccc2c(c1)N(C(=O)CC1COCCN1)CC2. The van der Waals surface area contributed by atoms with Gasteiger partial charge in [0.1, 0.15) is 0 Å². The fraction of sp³-hybridized carbons (Fsp3) is 0.562. The molecule has 24 heavy (non-hydrogen) atoms. The highest BCUT2D eigenvalue weighted by molar-refractivity contribution is 7.89. The number of amides is 1. The van der Waals surface area contributed by atoms with Crippen molar-refractivity contribution in [1.82, 2.24) is 10.0 Å². The van der Waals surface area contributed by atoms with Crippen LogP contribution in [0.5, 0.6) is 0 Å². The molecule has 1 saturated heterocycles. The van der Waals surface area contributed by atoms with Crippen LogP contribution >= 0.6 is 0 Å². The standard InChI is InChI=1S/C16H23N3O4S/c1-2-18-24(21,22)14-4-3-12-5-7-19(15(12)10-14)16(20)9-13-11-23-8-6-17-13/h3-4,10,13,17-18H,2,5-9,11H2,1H3. The summed E-state index contributed by atoms with van der Waals surface area (Å²) in [5.74, 6) is -0.00486. The van der Waals surface area contributed by atoms with Crippen molar-refractivity contribution in [3.8, 4) is 0 Å². The average Bonchev–Trinajstić information content (AvgIpc) is 2.99. The van der Waals surface area contributed by atoms with Gasteiger partial charge in [-0.05, 0) is 24.1 Å². The Hall–Kier alpha value is -1.48. The van der Waals surface area contributed by atoms with Crippen molar-refractivity contribution in [2.45, 2.75) is 30.7 Å². The fourth-order valence-corrected chi connectivity index (χ4v) is 4.19. The number of carbonyl (C=O) groups is 1. The quantitative estimate of drug-likeness (QED) is 0.792. The van der Waals surface area contributed by atoms with Crippen molar-refractivity contribution >= 4 is 21.6 Å². The zero-order valence-electron chi connectivity index (χ0n) is 13.7. The van der Waals surface area contributed by atoms with Gasteiger partial charge in [0.05, 0.1) is 18.1 Å². The zero-order chi connectivity index (χ0) is 17.2. The summed E-state index contributed by atoms with van der Waals surface area (Å²) < 4.78 is 32.2. The predicted octanol–water partition coefficient (Wildman–Crippen LogP) is 0.252. The second kappa shape index (κ2) is 7.18. The van der Waals surface area contributed by atoms with Gasteiger partial charge >= 0.3 is 0 Å². The van der Waals surface area contributed by atoms with E-state index >= 15 is 0 Å². The summed E-state index contributed by atoms with van der Waals surface area (Å²) in [4.78, 5) is 14.5. The maximum Gasteiger partial charge on any atom is 0.240 e. The van der Waals surface area contributed by atoms with Crippen LogP contribution in [0.25, 0.3) is 0 Å². The first-order chi connectivity index (χ1) is 11.5. The molecule has 2 heterocycles. The highest BCUT2D eigenvalue weighted by atomic mass is 32.2. The van der Waals surface area contributed by atoms with E-state index in [1.165, 1.54) is 0 Å². The van der Waals surface area contributed by atoms with Crippen molar-refractivity contribution in [3.63, 3.8) is 0 Å². The summed E-state index contributed by atoms with van der Waals surface area (Å²) in [6, 6.07) is 5.02.